The number of urea groups is 1. The maximum Gasteiger partial charge on any atom is 0.322 e. The van der Waals surface area contributed by atoms with Crippen LogP contribution in [0, 0.1) is 6.92 Å². The number of hydrogen-bond acceptors (Lipinski definition) is 5. The first-order valence-corrected chi connectivity index (χ1v) is 8.48. The molecular weight excluding hydrogens is 320 g/mol. The highest BCUT2D eigenvalue weighted by Gasteiger charge is 2.31. The van der Waals surface area contributed by atoms with Crippen molar-refractivity contribution >= 4 is 11.7 Å². The molecule has 0 spiro atoms. The van der Waals surface area contributed by atoms with Crippen LogP contribution in [0.25, 0.3) is 0 Å². The smallest absolute Gasteiger partial charge is 0.322 e. The average molecular weight is 340 g/mol. The molecule has 1 atom stereocenters. The van der Waals surface area contributed by atoms with E-state index in [1.807, 2.05) is 30.0 Å². The lowest BCUT2D eigenvalue weighted by Crippen LogP contribution is -2.34. The first kappa shape index (κ1) is 15.7. The van der Waals surface area contributed by atoms with E-state index >= 15 is 0 Å². The van der Waals surface area contributed by atoms with Crippen LogP contribution in [0.4, 0.5) is 10.5 Å². The lowest BCUT2D eigenvalue weighted by molar-refractivity contribution is 0.170. The van der Waals surface area contributed by atoms with Crippen LogP contribution in [0.5, 0.6) is 11.5 Å². The molecule has 1 aromatic carbocycles. The molecule has 2 amide bonds. The van der Waals surface area contributed by atoms with E-state index in [2.05, 4.69) is 15.5 Å². The summed E-state index contributed by atoms with van der Waals surface area (Å²) >= 11 is 0. The summed E-state index contributed by atoms with van der Waals surface area (Å²) in [4.78, 5) is 14.6. The Kier molecular flexibility index (Phi) is 4.13. The molecule has 130 valence electrons. The number of anilines is 1. The molecule has 3 heterocycles. The number of aryl methyl sites for hydroxylation is 1. The van der Waals surface area contributed by atoms with Crippen LogP contribution in [-0.2, 0) is 0 Å². The van der Waals surface area contributed by atoms with Gasteiger partial charge >= 0.3 is 6.03 Å². The van der Waals surface area contributed by atoms with Crippen LogP contribution in [0.1, 0.15) is 30.1 Å². The largest absolute Gasteiger partial charge is 0.486 e. The highest BCUT2D eigenvalue weighted by Crippen LogP contribution is 2.38. The van der Waals surface area contributed by atoms with Gasteiger partial charge in [-0.25, -0.2) is 4.79 Å². The van der Waals surface area contributed by atoms with Crippen LogP contribution in [0.2, 0.25) is 0 Å². The van der Waals surface area contributed by atoms with Crippen molar-refractivity contribution in [3.05, 3.63) is 41.7 Å². The van der Waals surface area contributed by atoms with Gasteiger partial charge in [0, 0.05) is 6.54 Å². The zero-order valence-electron chi connectivity index (χ0n) is 14.1. The fraction of sp³-hybridized carbons (Fsp3) is 0.389. The lowest BCUT2D eigenvalue weighted by atomic mass is 10.0. The number of ether oxygens (including phenoxy) is 2. The van der Waals surface area contributed by atoms with Gasteiger partial charge in [-0.15, -0.1) is 0 Å². The zero-order chi connectivity index (χ0) is 17.2. The summed E-state index contributed by atoms with van der Waals surface area (Å²) in [7, 11) is 0. The predicted molar refractivity (Wildman–Crippen MR) is 91.9 cm³/mol. The van der Waals surface area contributed by atoms with Gasteiger partial charge in [0.25, 0.3) is 0 Å². The topological polar surface area (TPSA) is 76.6 Å². The summed E-state index contributed by atoms with van der Waals surface area (Å²) in [5, 5.41) is 10.7. The molecule has 0 aliphatic carbocycles. The number of amides is 2. The minimum Gasteiger partial charge on any atom is -0.486 e. The third-order valence-corrected chi connectivity index (χ3v) is 4.61. The number of likely N-dealkylation sites (tertiary alicyclic amines) is 1. The SMILES string of the molecule is Cc1nnccc1NC(=O)N1CCCC1c1ccc2c(c1)OCCO2. The molecule has 7 heteroatoms. The van der Waals surface area contributed by atoms with E-state index < -0.39 is 0 Å². The Balaban J connectivity index is 1.54. The predicted octanol–water partition coefficient (Wildman–Crippen LogP) is 2.93. The Labute approximate surface area is 146 Å². The number of benzene rings is 1. The van der Waals surface area contributed by atoms with E-state index in [9.17, 15) is 4.79 Å². The van der Waals surface area contributed by atoms with Gasteiger partial charge in [0.05, 0.1) is 23.6 Å². The molecule has 7 nitrogen and oxygen atoms in total. The third kappa shape index (κ3) is 3.09. The fourth-order valence-corrected chi connectivity index (χ4v) is 3.34. The molecule has 0 radical (unpaired) electrons. The second-order valence-corrected chi connectivity index (χ2v) is 6.21. The Morgan fingerprint density at radius 1 is 1.24 bits per heavy atom. The molecule has 1 aromatic heterocycles. The quantitative estimate of drug-likeness (QED) is 0.909. The summed E-state index contributed by atoms with van der Waals surface area (Å²) in [6.45, 7) is 3.68. The first-order chi connectivity index (χ1) is 12.2. The second-order valence-electron chi connectivity index (χ2n) is 6.21. The minimum atomic E-state index is -0.117. The number of nitrogens with zero attached hydrogens (tertiary/aromatic N) is 3. The molecule has 25 heavy (non-hydrogen) atoms. The average Bonchev–Trinajstić information content (AvgIpc) is 3.13. The van der Waals surface area contributed by atoms with E-state index in [0.29, 0.717) is 24.6 Å². The van der Waals surface area contributed by atoms with Crippen LogP contribution in [0.3, 0.4) is 0 Å². The minimum absolute atomic E-state index is 0.0333. The van der Waals surface area contributed by atoms with E-state index in [4.69, 9.17) is 9.47 Å². The molecule has 0 bridgehead atoms. The summed E-state index contributed by atoms with van der Waals surface area (Å²) in [5.41, 5.74) is 2.46. The van der Waals surface area contributed by atoms with Gasteiger partial charge in [-0.3, -0.25) is 0 Å². The highest BCUT2D eigenvalue weighted by atomic mass is 16.6. The molecule has 0 saturated carbocycles. The van der Waals surface area contributed by atoms with E-state index in [1.54, 1.807) is 12.3 Å². The molecule has 1 saturated heterocycles. The van der Waals surface area contributed by atoms with Gasteiger partial charge in [0.15, 0.2) is 11.5 Å². The van der Waals surface area contributed by atoms with Gasteiger partial charge in [-0.2, -0.15) is 10.2 Å². The van der Waals surface area contributed by atoms with E-state index in [-0.39, 0.29) is 12.1 Å². The number of fused-ring (bicyclic) bond motifs is 1. The van der Waals surface area contributed by atoms with Crippen LogP contribution < -0.4 is 14.8 Å². The molecule has 4 rings (SSSR count). The van der Waals surface area contributed by atoms with Crippen molar-refractivity contribution in [3.63, 3.8) is 0 Å². The number of rotatable bonds is 2. The van der Waals surface area contributed by atoms with Gasteiger partial charge in [0.1, 0.15) is 13.2 Å². The van der Waals surface area contributed by atoms with Gasteiger partial charge in [-0.05, 0) is 43.5 Å². The van der Waals surface area contributed by atoms with Crippen LogP contribution >= 0.6 is 0 Å². The number of hydrogen-bond donors (Lipinski definition) is 1. The van der Waals surface area contributed by atoms with E-state index in [0.717, 1.165) is 36.4 Å². The number of aromatic nitrogens is 2. The summed E-state index contributed by atoms with van der Waals surface area (Å²) < 4.78 is 11.2. The van der Waals surface area contributed by atoms with Crippen molar-refractivity contribution in [3.8, 4) is 11.5 Å². The molecule has 2 aromatic rings. The summed E-state index contributed by atoms with van der Waals surface area (Å²) in [6, 6.07) is 7.61. The number of nitrogens with one attached hydrogen (secondary N) is 1. The van der Waals surface area contributed by atoms with Crippen LogP contribution in [0.15, 0.2) is 30.5 Å². The highest BCUT2D eigenvalue weighted by molar-refractivity contribution is 5.90. The van der Waals surface area contributed by atoms with Crippen molar-refractivity contribution in [2.24, 2.45) is 0 Å². The molecular formula is C18H20N4O3. The van der Waals surface area contributed by atoms with Crippen LogP contribution in [-0.4, -0.2) is 40.9 Å². The third-order valence-electron chi connectivity index (χ3n) is 4.61. The molecule has 2 aliphatic rings. The second kappa shape index (κ2) is 6.58. The normalized spacial score (nSPS) is 18.9. The Morgan fingerprint density at radius 3 is 2.92 bits per heavy atom. The van der Waals surface area contributed by atoms with Gasteiger partial charge in [0.2, 0.25) is 0 Å². The number of carbonyl (C=O) groups excluding carboxylic acids is 1. The number of carbonyl (C=O) groups is 1. The maximum atomic E-state index is 12.8. The van der Waals surface area contributed by atoms with Crippen molar-refractivity contribution in [1.82, 2.24) is 15.1 Å². The monoisotopic (exact) mass is 340 g/mol. The van der Waals surface area contributed by atoms with Crippen molar-refractivity contribution in [2.75, 3.05) is 25.1 Å². The maximum absolute atomic E-state index is 12.8. The fourth-order valence-electron chi connectivity index (χ4n) is 3.34. The van der Waals surface area contributed by atoms with E-state index in [1.165, 1.54) is 0 Å². The molecule has 1 N–H and O–H groups in total. The zero-order valence-corrected chi connectivity index (χ0v) is 14.1. The van der Waals surface area contributed by atoms with Gasteiger partial charge in [-0.1, -0.05) is 6.07 Å². The Morgan fingerprint density at radius 2 is 2.08 bits per heavy atom. The molecule has 1 unspecified atom stereocenters. The lowest BCUT2D eigenvalue weighted by Gasteiger charge is -2.27. The standard InChI is InChI=1S/C18H20N4O3/c1-12-14(6-7-19-21-12)20-18(23)22-8-2-3-15(22)13-4-5-16-17(11-13)25-10-9-24-16/h4-7,11,15H,2-3,8-10H2,1H3,(H,19,20,23). The van der Waals surface area contributed by atoms with Crippen molar-refractivity contribution < 1.29 is 14.3 Å². The van der Waals surface area contributed by atoms with Gasteiger partial charge < -0.3 is 19.7 Å². The molecule has 1 fully saturated rings. The molecule has 2 aliphatic heterocycles. The summed E-state index contributed by atoms with van der Waals surface area (Å²) in [5.74, 6) is 1.52. The Hall–Kier alpha value is -2.83. The van der Waals surface area contributed by atoms with Crippen molar-refractivity contribution in [2.45, 2.75) is 25.8 Å². The first-order valence-electron chi connectivity index (χ1n) is 8.48. The summed E-state index contributed by atoms with van der Waals surface area (Å²) in [6.07, 6.45) is 3.48. The Bertz CT molecular complexity index is 796. The van der Waals surface area contributed by atoms with Crippen molar-refractivity contribution in [1.29, 1.82) is 0 Å².